The molecule has 41 heavy (non-hydrogen) atoms. The summed E-state index contributed by atoms with van der Waals surface area (Å²) >= 11 is 0. The van der Waals surface area contributed by atoms with E-state index in [0.29, 0.717) is 23.3 Å². The van der Waals surface area contributed by atoms with Crippen LogP contribution in [0.5, 0.6) is 0 Å². The highest BCUT2D eigenvalue weighted by molar-refractivity contribution is 6.09. The van der Waals surface area contributed by atoms with Crippen molar-refractivity contribution in [3.8, 4) is 0 Å². The molecule has 0 spiro atoms. The number of hydrogen-bond donors (Lipinski definition) is 3. The monoisotopic (exact) mass is 560 g/mol. The average molecular weight is 561 g/mol. The van der Waals surface area contributed by atoms with Crippen molar-refractivity contribution in [3.63, 3.8) is 0 Å². The summed E-state index contributed by atoms with van der Waals surface area (Å²) in [6.45, 7) is 3.30. The molecule has 1 aromatic heterocycles. The number of anilines is 5. The summed E-state index contributed by atoms with van der Waals surface area (Å²) in [7, 11) is 3.17. The number of hydrogen-bond acceptors (Lipinski definition) is 5. The van der Waals surface area contributed by atoms with E-state index in [1.54, 1.807) is 56.1 Å². The van der Waals surface area contributed by atoms with Crippen molar-refractivity contribution in [2.24, 2.45) is 7.05 Å². The molecular weight excluding hydrogens is 527 g/mol. The maximum Gasteiger partial charge on any atom is 0.319 e. The summed E-state index contributed by atoms with van der Waals surface area (Å²) in [4.78, 5) is 55.4. The number of rotatable bonds is 9. The lowest BCUT2D eigenvalue weighted by Gasteiger charge is -2.28. The van der Waals surface area contributed by atoms with Crippen LogP contribution < -0.4 is 26.4 Å². The van der Waals surface area contributed by atoms with E-state index in [0.717, 1.165) is 25.7 Å². The second-order valence-corrected chi connectivity index (χ2v) is 10.7. The van der Waals surface area contributed by atoms with E-state index in [-0.39, 0.29) is 46.4 Å². The maximum absolute atomic E-state index is 14.9. The van der Waals surface area contributed by atoms with Crippen molar-refractivity contribution in [2.75, 3.05) is 22.6 Å². The molecule has 2 aromatic carbocycles. The molecule has 0 aliphatic heterocycles. The van der Waals surface area contributed by atoms with Gasteiger partial charge in [-0.05, 0) is 75.4 Å². The summed E-state index contributed by atoms with van der Waals surface area (Å²) in [6, 6.07) is 11.0. The van der Waals surface area contributed by atoms with Gasteiger partial charge >= 0.3 is 6.03 Å². The van der Waals surface area contributed by atoms with Crippen LogP contribution in [0.1, 0.15) is 47.2 Å². The Kier molecular flexibility index (Phi) is 7.53. The number of nitrogens with one attached hydrogen (secondary N) is 3. The second-order valence-electron chi connectivity index (χ2n) is 10.7. The first-order valence-electron chi connectivity index (χ1n) is 13.5. The molecule has 11 heteroatoms. The van der Waals surface area contributed by atoms with Gasteiger partial charge in [-0.15, -0.1) is 0 Å². The van der Waals surface area contributed by atoms with Crippen LogP contribution in [0.4, 0.5) is 37.8 Å². The van der Waals surface area contributed by atoms with Crippen molar-refractivity contribution < 1.29 is 18.8 Å². The molecule has 1 heterocycles. The van der Waals surface area contributed by atoms with E-state index in [2.05, 4.69) is 16.0 Å². The molecule has 10 nitrogen and oxygen atoms in total. The fraction of sp³-hybridized carbons (Fsp3) is 0.333. The van der Waals surface area contributed by atoms with Gasteiger partial charge < -0.3 is 20.9 Å². The Morgan fingerprint density at radius 2 is 1.80 bits per heavy atom. The predicted molar refractivity (Wildman–Crippen MR) is 156 cm³/mol. The van der Waals surface area contributed by atoms with Crippen LogP contribution in [0.15, 0.2) is 47.3 Å². The number of carbonyl (C=O) groups excluding carboxylic acids is 3. The molecule has 214 valence electrons. The number of aryl methyl sites for hydroxylation is 1. The third kappa shape index (κ3) is 5.79. The maximum atomic E-state index is 14.9. The fourth-order valence-corrected chi connectivity index (χ4v) is 4.78. The molecule has 2 aliphatic rings. The van der Waals surface area contributed by atoms with Crippen molar-refractivity contribution in [2.45, 2.75) is 51.6 Å². The van der Waals surface area contributed by atoms with Gasteiger partial charge in [-0.3, -0.25) is 23.9 Å². The molecule has 3 N–H and O–H groups in total. The Balaban J connectivity index is 1.65. The van der Waals surface area contributed by atoms with E-state index in [9.17, 15) is 23.6 Å². The van der Waals surface area contributed by atoms with Crippen molar-refractivity contribution in [1.29, 1.82) is 0 Å². The summed E-state index contributed by atoms with van der Waals surface area (Å²) in [6.07, 6.45) is 4.07. The first kappa shape index (κ1) is 27.9. The van der Waals surface area contributed by atoms with Crippen LogP contribution in [-0.4, -0.2) is 46.9 Å². The number of carbonyl (C=O) groups is 3. The van der Waals surface area contributed by atoms with Crippen LogP contribution >= 0.6 is 0 Å². The zero-order chi connectivity index (χ0) is 29.4. The van der Waals surface area contributed by atoms with Gasteiger partial charge in [0.15, 0.2) is 0 Å². The Morgan fingerprint density at radius 1 is 1.07 bits per heavy atom. The molecule has 0 unspecified atom stereocenters. The molecule has 0 radical (unpaired) electrons. The van der Waals surface area contributed by atoms with E-state index >= 15 is 0 Å². The molecule has 0 atom stereocenters. The second kappa shape index (κ2) is 11.1. The molecule has 3 aromatic rings. The Hall–Kier alpha value is -4.67. The van der Waals surface area contributed by atoms with Crippen LogP contribution in [-0.2, 0) is 11.8 Å². The molecular formula is C30H33FN6O4. The highest BCUT2D eigenvalue weighted by Crippen LogP contribution is 2.38. The van der Waals surface area contributed by atoms with Gasteiger partial charge in [0, 0.05) is 37.4 Å². The molecule has 4 amide bonds. The zero-order valence-electron chi connectivity index (χ0n) is 23.5. The number of aromatic nitrogens is 1. The fourth-order valence-electron chi connectivity index (χ4n) is 4.78. The van der Waals surface area contributed by atoms with E-state index < -0.39 is 17.3 Å². The normalized spacial score (nSPS) is 14.3. The average Bonchev–Trinajstić information content (AvgIpc) is 3.87. The summed E-state index contributed by atoms with van der Waals surface area (Å²) in [5, 5.41) is 8.57. The van der Waals surface area contributed by atoms with Crippen molar-refractivity contribution in [1.82, 2.24) is 14.8 Å². The lowest BCUT2D eigenvalue weighted by atomic mass is 10.1. The lowest BCUT2D eigenvalue weighted by molar-refractivity contribution is -0.106. The number of pyridine rings is 1. The van der Waals surface area contributed by atoms with Gasteiger partial charge in [-0.25, -0.2) is 9.18 Å². The Labute approximate surface area is 237 Å². The van der Waals surface area contributed by atoms with E-state index in [1.807, 2.05) is 0 Å². The minimum absolute atomic E-state index is 0.0269. The summed E-state index contributed by atoms with van der Waals surface area (Å²) < 4.78 is 16.2. The molecule has 2 saturated carbocycles. The van der Waals surface area contributed by atoms with Crippen LogP contribution in [0, 0.1) is 19.7 Å². The minimum Gasteiger partial charge on any atom is -0.339 e. The summed E-state index contributed by atoms with van der Waals surface area (Å²) in [5.74, 6) is -0.911. The first-order chi connectivity index (χ1) is 19.6. The van der Waals surface area contributed by atoms with Gasteiger partial charge in [-0.2, -0.15) is 0 Å². The number of urea groups is 1. The molecule has 5 rings (SSSR count). The predicted octanol–water partition coefficient (Wildman–Crippen LogP) is 4.70. The van der Waals surface area contributed by atoms with Crippen LogP contribution in [0.25, 0.3) is 0 Å². The van der Waals surface area contributed by atoms with Gasteiger partial charge in [0.05, 0.1) is 17.1 Å². The SMILES string of the molecule is Cc1ccc(Nc2c(C(=O)N(C)C3CC3)c(N(C=O)c3cccc(NC(=O)NC4CC4)c3)c(C)c(=O)n2C)c(F)c1. The highest BCUT2D eigenvalue weighted by atomic mass is 19.1. The van der Waals surface area contributed by atoms with Gasteiger partial charge in [0.25, 0.3) is 11.5 Å². The van der Waals surface area contributed by atoms with Crippen molar-refractivity contribution in [3.05, 3.63) is 75.3 Å². The first-order valence-corrected chi connectivity index (χ1v) is 13.5. The number of amides is 4. The Bertz CT molecular complexity index is 1590. The van der Waals surface area contributed by atoms with Crippen LogP contribution in [0.2, 0.25) is 0 Å². The third-order valence-electron chi connectivity index (χ3n) is 7.44. The van der Waals surface area contributed by atoms with Gasteiger partial charge in [0.2, 0.25) is 6.41 Å². The lowest BCUT2D eigenvalue weighted by Crippen LogP contribution is -2.35. The standard InChI is InChI=1S/C30H33FN6O4/c1-17-8-13-24(23(31)14-17)34-27-25(29(40)35(3)21-11-12-21)26(18(2)28(39)36(27)4)37(16-38)22-7-5-6-20(15-22)33-30(41)32-19-9-10-19/h5-8,13-16,19,21,34H,9-12H2,1-4H3,(H2,32,33,41). The van der Waals surface area contributed by atoms with Crippen LogP contribution in [0.3, 0.4) is 0 Å². The zero-order valence-corrected chi connectivity index (χ0v) is 23.5. The minimum atomic E-state index is -0.552. The third-order valence-corrected chi connectivity index (χ3v) is 7.44. The smallest absolute Gasteiger partial charge is 0.319 e. The topological polar surface area (TPSA) is 116 Å². The largest absolute Gasteiger partial charge is 0.339 e. The molecule has 2 fully saturated rings. The van der Waals surface area contributed by atoms with E-state index in [1.165, 1.54) is 28.6 Å². The Morgan fingerprint density at radius 3 is 2.44 bits per heavy atom. The molecule has 2 aliphatic carbocycles. The highest BCUT2D eigenvalue weighted by Gasteiger charge is 2.36. The van der Waals surface area contributed by atoms with Crippen molar-refractivity contribution >= 4 is 46.9 Å². The molecule has 0 saturated heterocycles. The molecule has 0 bridgehead atoms. The summed E-state index contributed by atoms with van der Waals surface area (Å²) in [5.41, 5.74) is 1.37. The number of benzene rings is 2. The van der Waals surface area contributed by atoms with Gasteiger partial charge in [-0.1, -0.05) is 12.1 Å². The number of halogens is 1. The van der Waals surface area contributed by atoms with Gasteiger partial charge in [0.1, 0.15) is 17.2 Å². The number of nitrogens with zero attached hydrogens (tertiary/aromatic N) is 3. The van der Waals surface area contributed by atoms with E-state index in [4.69, 9.17) is 0 Å². The quantitative estimate of drug-likeness (QED) is 0.328.